The normalized spacial score (nSPS) is 32.5. The highest BCUT2D eigenvalue weighted by molar-refractivity contribution is 7.80. The van der Waals surface area contributed by atoms with Gasteiger partial charge < -0.3 is 24.8 Å². The quantitative estimate of drug-likeness (QED) is 0.233. The lowest BCUT2D eigenvalue weighted by Crippen LogP contribution is -2.59. The molecule has 0 radical (unpaired) electrons. The molecule has 10 heteroatoms. The monoisotopic (exact) mass is 370 g/mol. The molecule has 0 aliphatic carbocycles. The highest BCUT2D eigenvalue weighted by Gasteiger charge is 2.45. The number of aliphatic hydroxyl groups is 3. The summed E-state index contributed by atoms with van der Waals surface area (Å²) in [6.07, 6.45) is -2.76. The maximum Gasteiger partial charge on any atom is 0.397 e. The van der Waals surface area contributed by atoms with Gasteiger partial charge in [0.1, 0.15) is 24.4 Å². The van der Waals surface area contributed by atoms with E-state index in [1.807, 2.05) is 0 Å². The Balaban J connectivity index is 2.68. The van der Waals surface area contributed by atoms with Crippen LogP contribution in [0.3, 0.4) is 0 Å². The van der Waals surface area contributed by atoms with E-state index in [4.69, 9.17) is 14.0 Å². The van der Waals surface area contributed by atoms with Crippen molar-refractivity contribution in [1.82, 2.24) is 0 Å². The van der Waals surface area contributed by atoms with Gasteiger partial charge in [0.25, 0.3) is 0 Å². The second kappa shape index (κ2) is 9.78. The summed E-state index contributed by atoms with van der Waals surface area (Å²) in [6, 6.07) is 0. The Hall–Kier alpha value is -0.590. The predicted octanol–water partition coefficient (Wildman–Crippen LogP) is -0.235. The Morgan fingerprint density at radius 2 is 1.88 bits per heavy atom. The summed E-state index contributed by atoms with van der Waals surface area (Å²) in [5.41, 5.74) is 0. The summed E-state index contributed by atoms with van der Waals surface area (Å²) in [7, 11) is -4.73. The first-order valence-corrected chi connectivity index (χ1v) is 9.15. The van der Waals surface area contributed by atoms with Crippen molar-refractivity contribution in [2.24, 2.45) is 0 Å². The Morgan fingerprint density at radius 1 is 1.21 bits per heavy atom. The fourth-order valence-corrected chi connectivity index (χ4v) is 2.64. The number of unbranched alkanes of at least 4 members (excludes halogenated alkanes) is 2. The molecule has 0 bridgehead atoms. The molecule has 1 aliphatic heterocycles. The summed E-state index contributed by atoms with van der Waals surface area (Å²) in [5, 5.41) is 29.6. The molecule has 24 heavy (non-hydrogen) atoms. The molecule has 9 nitrogen and oxygen atoms in total. The number of hydrogen-bond acceptors (Lipinski definition) is 8. The molecule has 1 fully saturated rings. The molecular formula is C14H26O9S. The Labute approximate surface area is 141 Å². The first kappa shape index (κ1) is 21.5. The van der Waals surface area contributed by atoms with Gasteiger partial charge in [-0.05, 0) is 6.42 Å². The molecule has 6 atom stereocenters. The van der Waals surface area contributed by atoms with E-state index < -0.39 is 53.8 Å². The zero-order valence-electron chi connectivity index (χ0n) is 13.5. The van der Waals surface area contributed by atoms with Crippen LogP contribution in [-0.4, -0.2) is 71.7 Å². The standard InChI is InChI=1S/C14H26O9S/c1-3-5-6-7-9(4-2)22-14-13(17)12(16)11(15)10(23-14)8-21-24(18,19)20/h4,9-17H,2-3,5-8H2,1H3,(H,18,19,20)/t9-,10-,11+,12-,13-,14+/m0/s1. The van der Waals surface area contributed by atoms with Gasteiger partial charge in [0.2, 0.25) is 0 Å². The second-order valence-electron chi connectivity index (χ2n) is 5.63. The summed E-state index contributed by atoms with van der Waals surface area (Å²) in [5.74, 6) is 0. The van der Waals surface area contributed by atoms with Crippen molar-refractivity contribution in [1.29, 1.82) is 0 Å². The van der Waals surface area contributed by atoms with Gasteiger partial charge in [-0.2, -0.15) is 8.42 Å². The van der Waals surface area contributed by atoms with Crippen LogP contribution >= 0.6 is 0 Å². The van der Waals surface area contributed by atoms with Gasteiger partial charge in [0, 0.05) is 0 Å². The molecule has 0 aromatic carbocycles. The van der Waals surface area contributed by atoms with Crippen LogP contribution in [0.4, 0.5) is 0 Å². The third-order valence-corrected chi connectivity index (χ3v) is 4.15. The zero-order valence-corrected chi connectivity index (χ0v) is 14.3. The molecule has 1 rings (SSSR count). The summed E-state index contributed by atoms with van der Waals surface area (Å²) >= 11 is 0. The van der Waals surface area contributed by atoms with Crippen molar-refractivity contribution < 1.29 is 41.9 Å². The third-order valence-electron chi connectivity index (χ3n) is 3.71. The number of aliphatic hydroxyl groups excluding tert-OH is 3. The third kappa shape index (κ3) is 6.73. The lowest BCUT2D eigenvalue weighted by Gasteiger charge is -2.40. The Morgan fingerprint density at radius 3 is 2.42 bits per heavy atom. The highest BCUT2D eigenvalue weighted by Crippen LogP contribution is 2.25. The number of rotatable bonds is 10. The topological polar surface area (TPSA) is 143 Å². The minimum atomic E-state index is -4.73. The van der Waals surface area contributed by atoms with Crippen molar-refractivity contribution in [2.45, 2.75) is 69.4 Å². The first-order chi connectivity index (χ1) is 11.2. The molecule has 0 aromatic rings. The van der Waals surface area contributed by atoms with Crippen molar-refractivity contribution in [2.75, 3.05) is 6.61 Å². The first-order valence-electron chi connectivity index (χ1n) is 7.79. The number of hydrogen-bond donors (Lipinski definition) is 4. The largest absolute Gasteiger partial charge is 0.397 e. The molecule has 0 spiro atoms. The molecule has 1 aliphatic rings. The van der Waals surface area contributed by atoms with Crippen LogP contribution in [0.1, 0.15) is 32.6 Å². The second-order valence-corrected chi connectivity index (χ2v) is 6.72. The van der Waals surface area contributed by atoms with Crippen molar-refractivity contribution in [3.8, 4) is 0 Å². The van der Waals surface area contributed by atoms with E-state index in [0.29, 0.717) is 6.42 Å². The maximum absolute atomic E-state index is 10.6. The lowest BCUT2D eigenvalue weighted by atomic mass is 9.99. The van der Waals surface area contributed by atoms with Gasteiger partial charge in [-0.3, -0.25) is 4.55 Å². The Bertz CT molecular complexity index is 481. The molecule has 0 unspecified atom stereocenters. The van der Waals surface area contributed by atoms with Gasteiger partial charge in [0.05, 0.1) is 12.7 Å². The summed E-state index contributed by atoms with van der Waals surface area (Å²) < 4.78 is 44.8. The van der Waals surface area contributed by atoms with E-state index in [0.717, 1.165) is 19.3 Å². The van der Waals surface area contributed by atoms with Crippen LogP contribution in [0.15, 0.2) is 12.7 Å². The van der Waals surface area contributed by atoms with Crippen LogP contribution in [0.5, 0.6) is 0 Å². The SMILES string of the molecule is C=C[C@@H](CCCCC)O[C@@H]1O[C@@H](COS(=O)(=O)O)[C@@H](O)[C@H](O)[C@@H]1O. The van der Waals surface area contributed by atoms with Crippen LogP contribution in [-0.2, 0) is 24.1 Å². The van der Waals surface area contributed by atoms with E-state index in [9.17, 15) is 23.7 Å². The van der Waals surface area contributed by atoms with Crippen molar-refractivity contribution in [3.05, 3.63) is 12.7 Å². The van der Waals surface area contributed by atoms with Gasteiger partial charge in [0.15, 0.2) is 6.29 Å². The average molecular weight is 370 g/mol. The lowest BCUT2D eigenvalue weighted by molar-refractivity contribution is -0.306. The summed E-state index contributed by atoms with van der Waals surface area (Å²) in [6.45, 7) is 4.95. The minimum Gasteiger partial charge on any atom is -0.387 e. The minimum absolute atomic E-state index is 0.443. The molecule has 4 N–H and O–H groups in total. The van der Waals surface area contributed by atoms with Crippen LogP contribution < -0.4 is 0 Å². The van der Waals surface area contributed by atoms with Crippen molar-refractivity contribution in [3.63, 3.8) is 0 Å². The molecule has 0 saturated carbocycles. The molecule has 0 amide bonds. The van der Waals surface area contributed by atoms with E-state index in [1.54, 1.807) is 0 Å². The molecule has 1 saturated heterocycles. The van der Waals surface area contributed by atoms with Crippen molar-refractivity contribution >= 4 is 10.4 Å². The van der Waals surface area contributed by atoms with Crippen LogP contribution in [0, 0.1) is 0 Å². The highest BCUT2D eigenvalue weighted by atomic mass is 32.3. The molecule has 0 aromatic heterocycles. The fraction of sp³-hybridized carbons (Fsp3) is 0.857. The molecule has 1 heterocycles. The molecular weight excluding hydrogens is 344 g/mol. The van der Waals surface area contributed by atoms with Crippen LogP contribution in [0.2, 0.25) is 0 Å². The average Bonchev–Trinajstić information content (AvgIpc) is 2.52. The Kier molecular flexibility index (Phi) is 8.74. The van der Waals surface area contributed by atoms with Crippen LogP contribution in [0.25, 0.3) is 0 Å². The molecule has 142 valence electrons. The van der Waals surface area contributed by atoms with Gasteiger partial charge in [-0.25, -0.2) is 4.18 Å². The van der Waals surface area contributed by atoms with E-state index >= 15 is 0 Å². The van der Waals surface area contributed by atoms with Gasteiger partial charge in [-0.15, -0.1) is 6.58 Å². The predicted molar refractivity (Wildman–Crippen MR) is 83.4 cm³/mol. The van der Waals surface area contributed by atoms with Gasteiger partial charge >= 0.3 is 10.4 Å². The van der Waals surface area contributed by atoms with Gasteiger partial charge in [-0.1, -0.05) is 32.3 Å². The number of ether oxygens (including phenoxy) is 2. The van der Waals surface area contributed by atoms with E-state index in [-0.39, 0.29) is 0 Å². The zero-order chi connectivity index (χ0) is 18.3. The maximum atomic E-state index is 10.6. The van der Waals surface area contributed by atoms with E-state index in [2.05, 4.69) is 17.7 Å². The fourth-order valence-electron chi connectivity index (χ4n) is 2.33. The smallest absolute Gasteiger partial charge is 0.387 e. The van der Waals surface area contributed by atoms with E-state index in [1.165, 1.54) is 6.08 Å². The summed E-state index contributed by atoms with van der Waals surface area (Å²) in [4.78, 5) is 0.